The van der Waals surface area contributed by atoms with Gasteiger partial charge in [0.25, 0.3) is 0 Å². The number of thioether (sulfide) groups is 1. The van der Waals surface area contributed by atoms with E-state index in [0.29, 0.717) is 19.5 Å². The molecule has 0 aromatic rings. The average molecular weight is 302 g/mol. The first-order chi connectivity index (χ1) is 9.21. The Balaban J connectivity index is 2.58. The molecule has 1 rings (SSSR count). The van der Waals surface area contributed by atoms with Gasteiger partial charge in [-0.1, -0.05) is 27.7 Å². The molecule has 2 amide bonds. The summed E-state index contributed by atoms with van der Waals surface area (Å²) in [5, 5.41) is 11.8. The number of carboxylic acids is 1. The lowest BCUT2D eigenvalue weighted by molar-refractivity contribution is -0.139. The third-order valence-electron chi connectivity index (χ3n) is 3.43. The molecule has 1 saturated heterocycles. The van der Waals surface area contributed by atoms with Crippen LogP contribution in [0.4, 0.5) is 4.79 Å². The summed E-state index contributed by atoms with van der Waals surface area (Å²) in [6, 6.07) is -1.05. The Morgan fingerprint density at radius 3 is 2.55 bits per heavy atom. The van der Waals surface area contributed by atoms with Crippen molar-refractivity contribution in [1.82, 2.24) is 10.2 Å². The number of urea groups is 1. The maximum atomic E-state index is 12.2. The van der Waals surface area contributed by atoms with Crippen LogP contribution in [-0.2, 0) is 4.79 Å². The maximum absolute atomic E-state index is 12.2. The van der Waals surface area contributed by atoms with Gasteiger partial charge in [0.05, 0.1) is 0 Å². The summed E-state index contributed by atoms with van der Waals surface area (Å²) in [4.78, 5) is 25.1. The fraction of sp³-hybridized carbons (Fsp3) is 0.857. The first-order valence-electron chi connectivity index (χ1n) is 7.13. The Kier molecular flexibility index (Phi) is 6.17. The van der Waals surface area contributed by atoms with E-state index in [1.807, 2.05) is 25.6 Å². The number of carbonyl (C=O) groups is 2. The van der Waals surface area contributed by atoms with E-state index in [-0.39, 0.29) is 16.7 Å². The van der Waals surface area contributed by atoms with Gasteiger partial charge in [0, 0.05) is 23.6 Å². The van der Waals surface area contributed by atoms with Crippen molar-refractivity contribution >= 4 is 23.8 Å². The van der Waals surface area contributed by atoms with Gasteiger partial charge in [0.2, 0.25) is 0 Å². The van der Waals surface area contributed by atoms with Crippen molar-refractivity contribution in [3.8, 4) is 0 Å². The molecule has 0 aliphatic carbocycles. The highest BCUT2D eigenvalue weighted by Gasteiger charge is 2.28. The van der Waals surface area contributed by atoms with Crippen LogP contribution in [0.1, 0.15) is 40.5 Å². The van der Waals surface area contributed by atoms with Gasteiger partial charge >= 0.3 is 12.0 Å². The largest absolute Gasteiger partial charge is 0.480 e. The number of nitrogens with one attached hydrogen (secondary N) is 1. The van der Waals surface area contributed by atoms with Gasteiger partial charge in [0.1, 0.15) is 6.04 Å². The van der Waals surface area contributed by atoms with Crippen LogP contribution in [0, 0.1) is 5.92 Å². The molecule has 116 valence electrons. The van der Waals surface area contributed by atoms with Crippen molar-refractivity contribution in [3.05, 3.63) is 0 Å². The van der Waals surface area contributed by atoms with Crippen LogP contribution in [0.5, 0.6) is 0 Å². The number of amides is 2. The molecule has 0 radical (unpaired) electrons. The molecule has 1 atom stereocenters. The number of hydrogen-bond acceptors (Lipinski definition) is 3. The van der Waals surface area contributed by atoms with E-state index in [4.69, 9.17) is 0 Å². The van der Waals surface area contributed by atoms with E-state index in [2.05, 4.69) is 19.2 Å². The summed E-state index contributed by atoms with van der Waals surface area (Å²) in [5.74, 6) is 0.161. The van der Waals surface area contributed by atoms with Gasteiger partial charge in [-0.15, -0.1) is 0 Å². The smallest absolute Gasteiger partial charge is 0.326 e. The monoisotopic (exact) mass is 302 g/mol. The second kappa shape index (κ2) is 7.20. The Labute approximate surface area is 125 Å². The minimum atomic E-state index is -0.962. The third kappa shape index (κ3) is 5.61. The normalized spacial score (nSPS) is 20.4. The van der Waals surface area contributed by atoms with E-state index in [0.717, 1.165) is 12.2 Å². The Morgan fingerprint density at radius 1 is 1.35 bits per heavy atom. The highest BCUT2D eigenvalue weighted by Crippen LogP contribution is 2.30. The highest BCUT2D eigenvalue weighted by molar-refractivity contribution is 8.00. The predicted molar refractivity (Wildman–Crippen MR) is 82.1 cm³/mol. The summed E-state index contributed by atoms with van der Waals surface area (Å²) < 4.78 is 0.180. The van der Waals surface area contributed by atoms with Gasteiger partial charge in [-0.25, -0.2) is 9.59 Å². The molecule has 0 aromatic carbocycles. The molecule has 1 aliphatic rings. The molecule has 0 bridgehead atoms. The van der Waals surface area contributed by atoms with Crippen molar-refractivity contribution in [2.45, 2.75) is 51.3 Å². The SMILES string of the molecule is CC(C)C[C@H](NC(=O)N1CCSC(C)(C)CC1)C(=O)O. The van der Waals surface area contributed by atoms with Crippen molar-refractivity contribution in [1.29, 1.82) is 0 Å². The maximum Gasteiger partial charge on any atom is 0.326 e. The summed E-state index contributed by atoms with van der Waals surface area (Å²) in [5.41, 5.74) is 0. The first kappa shape index (κ1) is 17.1. The van der Waals surface area contributed by atoms with Gasteiger partial charge in [0.15, 0.2) is 0 Å². The van der Waals surface area contributed by atoms with E-state index in [9.17, 15) is 14.7 Å². The van der Waals surface area contributed by atoms with Crippen LogP contribution in [-0.4, -0.2) is 51.6 Å². The third-order valence-corrected chi connectivity index (χ3v) is 4.80. The summed E-state index contributed by atoms with van der Waals surface area (Å²) in [6.07, 6.45) is 1.38. The molecular formula is C14H26N2O3S. The fourth-order valence-corrected chi connectivity index (χ4v) is 3.26. The van der Waals surface area contributed by atoms with Crippen LogP contribution in [0.2, 0.25) is 0 Å². The zero-order valence-electron chi connectivity index (χ0n) is 12.8. The fourth-order valence-electron chi connectivity index (χ4n) is 2.16. The predicted octanol–water partition coefficient (Wildman–Crippen LogP) is 2.41. The zero-order valence-corrected chi connectivity index (χ0v) is 13.6. The van der Waals surface area contributed by atoms with Gasteiger partial charge in [-0.05, 0) is 18.8 Å². The van der Waals surface area contributed by atoms with Crippen molar-refractivity contribution in [3.63, 3.8) is 0 Å². The molecule has 0 unspecified atom stereocenters. The quantitative estimate of drug-likeness (QED) is 0.836. The number of hydrogen-bond donors (Lipinski definition) is 2. The van der Waals surface area contributed by atoms with E-state index in [1.54, 1.807) is 4.90 Å². The molecule has 2 N–H and O–H groups in total. The van der Waals surface area contributed by atoms with Gasteiger partial charge in [-0.3, -0.25) is 0 Å². The molecule has 5 nitrogen and oxygen atoms in total. The second-order valence-corrected chi connectivity index (χ2v) is 8.12. The second-order valence-electron chi connectivity index (χ2n) is 6.32. The standard InChI is InChI=1S/C14H26N2O3S/c1-10(2)9-11(12(17)18)15-13(19)16-6-5-14(3,4)20-8-7-16/h10-11H,5-9H2,1-4H3,(H,15,19)(H,17,18)/t11-/m0/s1. The molecule has 1 fully saturated rings. The first-order valence-corrected chi connectivity index (χ1v) is 8.12. The summed E-state index contributed by atoms with van der Waals surface area (Å²) in [7, 11) is 0. The van der Waals surface area contributed by atoms with Crippen LogP contribution < -0.4 is 5.32 Å². The lowest BCUT2D eigenvalue weighted by Gasteiger charge is -2.25. The summed E-state index contributed by atoms with van der Waals surface area (Å²) >= 11 is 1.86. The average Bonchev–Trinajstić information content (AvgIpc) is 2.48. The van der Waals surface area contributed by atoms with E-state index >= 15 is 0 Å². The minimum Gasteiger partial charge on any atom is -0.480 e. The number of nitrogens with zero attached hydrogens (tertiary/aromatic N) is 1. The van der Waals surface area contributed by atoms with E-state index < -0.39 is 12.0 Å². The number of rotatable bonds is 4. The molecule has 0 spiro atoms. The Hall–Kier alpha value is -0.910. The highest BCUT2D eigenvalue weighted by atomic mass is 32.2. The minimum absolute atomic E-state index is 0.180. The molecular weight excluding hydrogens is 276 g/mol. The van der Waals surface area contributed by atoms with Gasteiger partial charge < -0.3 is 15.3 Å². The number of aliphatic carboxylic acids is 1. The lowest BCUT2D eigenvalue weighted by Crippen LogP contribution is -2.49. The van der Waals surface area contributed by atoms with Crippen LogP contribution >= 0.6 is 11.8 Å². The molecule has 0 saturated carbocycles. The Bertz CT molecular complexity index is 358. The van der Waals surface area contributed by atoms with Crippen molar-refractivity contribution in [2.24, 2.45) is 5.92 Å². The molecule has 20 heavy (non-hydrogen) atoms. The summed E-state index contributed by atoms with van der Waals surface area (Å²) in [6.45, 7) is 9.62. The van der Waals surface area contributed by atoms with Crippen molar-refractivity contribution < 1.29 is 14.7 Å². The van der Waals surface area contributed by atoms with Crippen LogP contribution in [0.15, 0.2) is 0 Å². The molecule has 0 aromatic heterocycles. The molecule has 1 heterocycles. The van der Waals surface area contributed by atoms with Crippen LogP contribution in [0.25, 0.3) is 0 Å². The molecule has 6 heteroatoms. The van der Waals surface area contributed by atoms with Gasteiger partial charge in [-0.2, -0.15) is 11.8 Å². The topological polar surface area (TPSA) is 69.6 Å². The van der Waals surface area contributed by atoms with Crippen LogP contribution in [0.3, 0.4) is 0 Å². The van der Waals surface area contributed by atoms with E-state index in [1.165, 1.54) is 0 Å². The number of carboxylic acid groups (broad SMARTS) is 1. The number of carbonyl (C=O) groups excluding carboxylic acids is 1. The lowest BCUT2D eigenvalue weighted by atomic mass is 10.0. The van der Waals surface area contributed by atoms with Crippen molar-refractivity contribution in [2.75, 3.05) is 18.8 Å². The zero-order chi connectivity index (χ0) is 15.3. The molecule has 1 aliphatic heterocycles. The Morgan fingerprint density at radius 2 is 2.00 bits per heavy atom.